The van der Waals surface area contributed by atoms with E-state index in [4.69, 9.17) is 0 Å². The van der Waals surface area contributed by atoms with Crippen molar-refractivity contribution in [3.05, 3.63) is 35.1 Å². The SMILES string of the molecule is COC(=O)C[C@@H](O)c1cc(F)ccc1C. The molecule has 0 aliphatic carbocycles. The van der Waals surface area contributed by atoms with E-state index >= 15 is 0 Å². The molecule has 1 aromatic rings. The number of hydrogen-bond acceptors (Lipinski definition) is 3. The number of esters is 1. The molecule has 0 saturated carbocycles. The zero-order chi connectivity index (χ0) is 11.4. The average Bonchev–Trinajstić information content (AvgIpc) is 2.21. The fourth-order valence-corrected chi connectivity index (χ4v) is 1.32. The Morgan fingerprint density at radius 3 is 2.87 bits per heavy atom. The molecule has 1 atom stereocenters. The van der Waals surface area contributed by atoms with Gasteiger partial charge in [0.1, 0.15) is 5.82 Å². The minimum Gasteiger partial charge on any atom is -0.469 e. The molecule has 0 aliphatic heterocycles. The summed E-state index contributed by atoms with van der Waals surface area (Å²) in [6, 6.07) is 4.10. The van der Waals surface area contributed by atoms with E-state index < -0.39 is 17.9 Å². The van der Waals surface area contributed by atoms with Crippen LogP contribution in [0.4, 0.5) is 4.39 Å². The molecule has 0 saturated heterocycles. The third-order valence-corrected chi connectivity index (χ3v) is 2.19. The van der Waals surface area contributed by atoms with Gasteiger partial charge in [0.2, 0.25) is 0 Å². The molecule has 0 fully saturated rings. The van der Waals surface area contributed by atoms with Crippen molar-refractivity contribution in [3.63, 3.8) is 0 Å². The van der Waals surface area contributed by atoms with Crippen molar-refractivity contribution in [1.82, 2.24) is 0 Å². The lowest BCUT2D eigenvalue weighted by atomic mass is 10.0. The Balaban J connectivity index is 2.85. The molecule has 0 aromatic heterocycles. The first-order chi connectivity index (χ1) is 7.04. The molecule has 0 heterocycles. The molecular formula is C11H13FO3. The standard InChI is InChI=1S/C11H13FO3/c1-7-3-4-8(12)5-9(7)10(13)6-11(14)15-2/h3-5,10,13H,6H2,1-2H3/t10-/m1/s1. The number of aliphatic hydroxyl groups excluding tert-OH is 1. The minimum absolute atomic E-state index is 0.166. The highest BCUT2D eigenvalue weighted by atomic mass is 19.1. The van der Waals surface area contributed by atoms with Crippen LogP contribution < -0.4 is 0 Å². The number of benzene rings is 1. The lowest BCUT2D eigenvalue weighted by Crippen LogP contribution is -2.09. The van der Waals surface area contributed by atoms with Gasteiger partial charge >= 0.3 is 5.97 Å². The summed E-state index contributed by atoms with van der Waals surface area (Å²) in [7, 11) is 1.24. The highest BCUT2D eigenvalue weighted by Crippen LogP contribution is 2.21. The van der Waals surface area contributed by atoms with Crippen LogP contribution in [-0.4, -0.2) is 18.2 Å². The van der Waals surface area contributed by atoms with Crippen LogP contribution in [0.25, 0.3) is 0 Å². The van der Waals surface area contributed by atoms with E-state index in [1.54, 1.807) is 13.0 Å². The van der Waals surface area contributed by atoms with Crippen molar-refractivity contribution >= 4 is 5.97 Å². The van der Waals surface area contributed by atoms with Crippen molar-refractivity contribution in [2.45, 2.75) is 19.4 Å². The number of hydrogen-bond donors (Lipinski definition) is 1. The lowest BCUT2D eigenvalue weighted by Gasteiger charge is -2.12. The molecule has 82 valence electrons. The molecule has 15 heavy (non-hydrogen) atoms. The van der Waals surface area contributed by atoms with Crippen LogP contribution >= 0.6 is 0 Å². The minimum atomic E-state index is -1.02. The number of aryl methyl sites for hydroxylation is 1. The van der Waals surface area contributed by atoms with E-state index in [1.165, 1.54) is 19.2 Å². The Morgan fingerprint density at radius 1 is 1.60 bits per heavy atom. The molecule has 0 unspecified atom stereocenters. The second-order valence-corrected chi connectivity index (χ2v) is 3.30. The van der Waals surface area contributed by atoms with Crippen molar-refractivity contribution < 1.29 is 19.0 Å². The van der Waals surface area contributed by atoms with Gasteiger partial charge in [-0.25, -0.2) is 4.39 Å². The van der Waals surface area contributed by atoms with Crippen molar-refractivity contribution in [2.24, 2.45) is 0 Å². The summed E-state index contributed by atoms with van der Waals surface area (Å²) in [6.45, 7) is 1.75. The summed E-state index contributed by atoms with van der Waals surface area (Å²) in [4.78, 5) is 10.9. The van der Waals surface area contributed by atoms with Crippen LogP contribution in [0.5, 0.6) is 0 Å². The van der Waals surface area contributed by atoms with Crippen molar-refractivity contribution in [2.75, 3.05) is 7.11 Å². The predicted molar refractivity (Wildman–Crippen MR) is 52.7 cm³/mol. The van der Waals surface area contributed by atoms with E-state index in [2.05, 4.69) is 4.74 Å². The second kappa shape index (κ2) is 4.89. The summed E-state index contributed by atoms with van der Waals surface area (Å²) in [6.07, 6.45) is -1.19. The van der Waals surface area contributed by atoms with Crippen LogP contribution in [0.15, 0.2) is 18.2 Å². The average molecular weight is 212 g/mol. The second-order valence-electron chi connectivity index (χ2n) is 3.30. The third-order valence-electron chi connectivity index (χ3n) is 2.19. The zero-order valence-electron chi connectivity index (χ0n) is 8.66. The van der Waals surface area contributed by atoms with Gasteiger partial charge in [-0.2, -0.15) is 0 Å². The summed E-state index contributed by atoms with van der Waals surface area (Å²) < 4.78 is 17.3. The van der Waals surface area contributed by atoms with Crippen LogP contribution in [0.2, 0.25) is 0 Å². The van der Waals surface area contributed by atoms with E-state index in [1.807, 2.05) is 0 Å². The summed E-state index contributed by atoms with van der Waals surface area (Å²) >= 11 is 0. The number of carbonyl (C=O) groups excluding carboxylic acids is 1. The van der Waals surface area contributed by atoms with Gasteiger partial charge in [-0.15, -0.1) is 0 Å². The van der Waals surface area contributed by atoms with Gasteiger partial charge in [0, 0.05) is 0 Å². The molecule has 0 aliphatic rings. The van der Waals surface area contributed by atoms with Gasteiger partial charge in [-0.1, -0.05) is 6.07 Å². The molecule has 1 aromatic carbocycles. The van der Waals surface area contributed by atoms with Crippen LogP contribution in [0, 0.1) is 12.7 Å². The van der Waals surface area contributed by atoms with Crippen LogP contribution in [0.3, 0.4) is 0 Å². The Kier molecular flexibility index (Phi) is 3.80. The number of methoxy groups -OCH3 is 1. The molecule has 3 nitrogen and oxygen atoms in total. The molecule has 1 rings (SSSR count). The lowest BCUT2D eigenvalue weighted by molar-refractivity contribution is -0.142. The van der Waals surface area contributed by atoms with Gasteiger partial charge in [0.05, 0.1) is 19.6 Å². The fourth-order valence-electron chi connectivity index (χ4n) is 1.32. The molecule has 0 radical (unpaired) electrons. The number of carbonyl (C=O) groups is 1. The van der Waals surface area contributed by atoms with E-state index in [0.29, 0.717) is 5.56 Å². The first-order valence-corrected chi connectivity index (χ1v) is 4.55. The summed E-state index contributed by atoms with van der Waals surface area (Å²) in [5.74, 6) is -0.953. The highest BCUT2D eigenvalue weighted by molar-refractivity contribution is 5.70. The van der Waals surface area contributed by atoms with Crippen molar-refractivity contribution in [3.8, 4) is 0 Å². The molecular weight excluding hydrogens is 199 g/mol. The van der Waals surface area contributed by atoms with E-state index in [-0.39, 0.29) is 6.42 Å². The van der Waals surface area contributed by atoms with E-state index in [9.17, 15) is 14.3 Å². The summed E-state index contributed by atoms with van der Waals surface area (Å²) in [5, 5.41) is 9.66. The van der Waals surface area contributed by atoms with Gasteiger partial charge < -0.3 is 9.84 Å². The van der Waals surface area contributed by atoms with Gasteiger partial charge in [0.15, 0.2) is 0 Å². The Morgan fingerprint density at radius 2 is 2.27 bits per heavy atom. The molecule has 0 bridgehead atoms. The quantitative estimate of drug-likeness (QED) is 0.776. The van der Waals surface area contributed by atoms with Gasteiger partial charge in [-0.05, 0) is 30.2 Å². The Bertz CT molecular complexity index is 363. The number of ether oxygens (including phenoxy) is 1. The first-order valence-electron chi connectivity index (χ1n) is 4.55. The topological polar surface area (TPSA) is 46.5 Å². The summed E-state index contributed by atoms with van der Waals surface area (Å²) in [5.41, 5.74) is 1.16. The van der Waals surface area contributed by atoms with Gasteiger partial charge in [0.25, 0.3) is 0 Å². The predicted octanol–water partition coefficient (Wildman–Crippen LogP) is 1.73. The normalized spacial score (nSPS) is 12.3. The molecule has 0 amide bonds. The maximum absolute atomic E-state index is 12.9. The number of halogens is 1. The van der Waals surface area contributed by atoms with Gasteiger partial charge in [-0.3, -0.25) is 4.79 Å². The Hall–Kier alpha value is -1.42. The first kappa shape index (κ1) is 11.7. The van der Waals surface area contributed by atoms with Crippen LogP contribution in [0.1, 0.15) is 23.7 Å². The van der Waals surface area contributed by atoms with Crippen LogP contribution in [-0.2, 0) is 9.53 Å². The monoisotopic (exact) mass is 212 g/mol. The number of aliphatic hydroxyl groups is 1. The maximum atomic E-state index is 12.9. The fraction of sp³-hybridized carbons (Fsp3) is 0.364. The molecule has 4 heteroatoms. The maximum Gasteiger partial charge on any atom is 0.308 e. The largest absolute Gasteiger partial charge is 0.469 e. The van der Waals surface area contributed by atoms with E-state index in [0.717, 1.165) is 5.56 Å². The van der Waals surface area contributed by atoms with Crippen molar-refractivity contribution in [1.29, 1.82) is 0 Å². The highest BCUT2D eigenvalue weighted by Gasteiger charge is 2.15. The third kappa shape index (κ3) is 3.02. The molecule has 0 spiro atoms. The zero-order valence-corrected chi connectivity index (χ0v) is 8.66. The Labute approximate surface area is 87.5 Å². The smallest absolute Gasteiger partial charge is 0.308 e. The number of rotatable bonds is 3. The molecule has 1 N–H and O–H groups in total.